The normalized spacial score (nSPS) is 41.0. The number of carbonyl (C=O) groups excluding carboxylic acids is 3. The Bertz CT molecular complexity index is 1410. The summed E-state index contributed by atoms with van der Waals surface area (Å²) in [5.74, 6) is -4.42. The first kappa shape index (κ1) is 29.0. The predicted octanol–water partition coefficient (Wildman–Crippen LogP) is 4.14. The summed E-state index contributed by atoms with van der Waals surface area (Å²) in [6.07, 6.45) is -0.0885. The summed E-state index contributed by atoms with van der Waals surface area (Å²) in [6, 6.07) is 4.94. The molecular formula is C30H34F2N2O7. The lowest BCUT2D eigenvalue weighted by molar-refractivity contribution is -0.384. The van der Waals surface area contributed by atoms with E-state index < -0.39 is 74.7 Å². The zero-order valence-corrected chi connectivity index (χ0v) is 23.6. The number of hydrogen-bond donors (Lipinski definition) is 1. The van der Waals surface area contributed by atoms with Crippen LogP contribution in [0.25, 0.3) is 0 Å². The van der Waals surface area contributed by atoms with Crippen LogP contribution in [0, 0.1) is 38.7 Å². The molecule has 9 nitrogen and oxygen atoms in total. The highest BCUT2D eigenvalue weighted by atomic mass is 19.1. The molecule has 11 heteroatoms. The van der Waals surface area contributed by atoms with Crippen molar-refractivity contribution in [3.63, 3.8) is 0 Å². The van der Waals surface area contributed by atoms with Crippen molar-refractivity contribution < 1.29 is 37.9 Å². The van der Waals surface area contributed by atoms with Gasteiger partial charge in [0.25, 0.3) is 11.6 Å². The van der Waals surface area contributed by atoms with E-state index in [1.54, 1.807) is 13.8 Å². The third kappa shape index (κ3) is 3.70. The second-order valence-corrected chi connectivity index (χ2v) is 12.6. The van der Waals surface area contributed by atoms with Crippen molar-refractivity contribution in [3.05, 3.63) is 63.7 Å². The third-order valence-electron chi connectivity index (χ3n) is 10.4. The van der Waals surface area contributed by atoms with Crippen LogP contribution < -0.4 is 0 Å². The molecule has 0 aliphatic heterocycles. The fourth-order valence-corrected chi connectivity index (χ4v) is 8.52. The zero-order valence-electron chi connectivity index (χ0n) is 23.6. The first-order valence-electron chi connectivity index (χ1n) is 13.7. The summed E-state index contributed by atoms with van der Waals surface area (Å²) in [4.78, 5) is 51.6. The Morgan fingerprint density at radius 3 is 2.51 bits per heavy atom. The number of amides is 1. The average molecular weight is 573 g/mol. The highest BCUT2D eigenvalue weighted by Gasteiger charge is 2.78. The number of rotatable bonds is 4. The number of nitrogens with zero attached hydrogens (tertiary/aromatic N) is 2. The Morgan fingerprint density at radius 2 is 1.88 bits per heavy atom. The van der Waals surface area contributed by atoms with Crippen LogP contribution in [0.4, 0.5) is 14.5 Å². The Kier molecular flexibility index (Phi) is 6.57. The Balaban J connectivity index is 1.63. The Hall–Kier alpha value is -3.47. The first-order valence-corrected chi connectivity index (χ1v) is 13.7. The van der Waals surface area contributed by atoms with Crippen LogP contribution in [0.2, 0.25) is 0 Å². The highest BCUT2D eigenvalue weighted by molar-refractivity contribution is 6.01. The van der Waals surface area contributed by atoms with E-state index in [4.69, 9.17) is 4.74 Å². The molecule has 4 aliphatic rings. The lowest BCUT2D eigenvalue weighted by Gasteiger charge is -2.63. The number of alkyl halides is 2. The van der Waals surface area contributed by atoms with Gasteiger partial charge in [-0.3, -0.25) is 19.7 Å². The van der Waals surface area contributed by atoms with E-state index in [-0.39, 0.29) is 36.1 Å². The molecule has 4 aliphatic carbocycles. The lowest BCUT2D eigenvalue weighted by atomic mass is 9.44. The minimum atomic E-state index is -2.36. The maximum atomic E-state index is 17.5. The van der Waals surface area contributed by atoms with Crippen LogP contribution in [-0.2, 0) is 14.3 Å². The average Bonchev–Trinajstić information content (AvgIpc) is 3.13. The number of benzene rings is 1. The van der Waals surface area contributed by atoms with Crippen LogP contribution in [0.3, 0.4) is 0 Å². The van der Waals surface area contributed by atoms with Gasteiger partial charge in [0.15, 0.2) is 17.1 Å². The van der Waals surface area contributed by atoms with Crippen LogP contribution >= 0.6 is 0 Å². The van der Waals surface area contributed by atoms with Crippen molar-refractivity contribution in [2.24, 2.45) is 28.6 Å². The highest BCUT2D eigenvalue weighted by Crippen LogP contribution is 2.71. The second-order valence-electron chi connectivity index (χ2n) is 12.6. The van der Waals surface area contributed by atoms with Gasteiger partial charge in [0.2, 0.25) is 0 Å². The molecule has 3 fully saturated rings. The first-order chi connectivity index (χ1) is 19.0. The Labute approximate surface area is 236 Å². The SMILES string of the molecule is C[C@@H]1C[C@H]2[C@@H]3C[C@H](F)C4=CC(=O)C=C[C@]4(C)[C@@]3(F)[C@@H](O)C[C@]2(C)[C@@]1(OC(=O)c1cccc([N+](=O)[O-])c1)C(=O)N(C)C. The van der Waals surface area contributed by atoms with E-state index in [1.807, 2.05) is 0 Å². The molecule has 1 N–H and O–H groups in total. The summed E-state index contributed by atoms with van der Waals surface area (Å²) < 4.78 is 39.4. The minimum Gasteiger partial charge on any atom is -0.444 e. The van der Waals surface area contributed by atoms with Crippen LogP contribution in [0.15, 0.2) is 48.1 Å². The van der Waals surface area contributed by atoms with E-state index in [9.17, 15) is 29.6 Å². The molecule has 0 aromatic heterocycles. The second kappa shape index (κ2) is 9.27. The molecule has 9 atom stereocenters. The molecule has 0 radical (unpaired) electrons. The molecule has 5 rings (SSSR count). The number of aliphatic hydroxyl groups excluding tert-OH is 1. The van der Waals surface area contributed by atoms with Gasteiger partial charge in [-0.2, -0.15) is 0 Å². The smallest absolute Gasteiger partial charge is 0.339 e. The summed E-state index contributed by atoms with van der Waals surface area (Å²) in [6.45, 7) is 4.87. The van der Waals surface area contributed by atoms with Crippen molar-refractivity contribution in [2.75, 3.05) is 14.1 Å². The van der Waals surface area contributed by atoms with E-state index in [1.165, 1.54) is 56.3 Å². The zero-order chi connectivity index (χ0) is 30.3. The maximum absolute atomic E-state index is 17.5. The van der Waals surface area contributed by atoms with E-state index >= 15 is 8.78 Å². The molecule has 1 amide bonds. The standard InChI is InChI=1S/C30H34F2N2O7/c1-16-11-20-21-14-23(31)22-13-19(35)9-10-27(22,2)29(21,32)24(36)15-28(20,3)30(16,26(38)33(4)5)41-25(37)17-7-6-8-18(12-17)34(39)40/h6-10,12-13,16,20-21,23-24,36H,11,14-15H2,1-5H3/t16-,20+,21+,23+,24+,27+,28+,29+,30+/m1/s1. The quantitative estimate of drug-likeness (QED) is 0.326. The van der Waals surface area contributed by atoms with Gasteiger partial charge >= 0.3 is 5.97 Å². The fraction of sp³-hybridized carbons (Fsp3) is 0.567. The number of non-ortho nitro benzene ring substituents is 1. The molecule has 0 unspecified atom stereocenters. The van der Waals surface area contributed by atoms with Gasteiger partial charge in [-0.05, 0) is 55.9 Å². The molecule has 3 saturated carbocycles. The van der Waals surface area contributed by atoms with E-state index in [2.05, 4.69) is 0 Å². The van der Waals surface area contributed by atoms with Gasteiger partial charge in [0.05, 0.1) is 16.6 Å². The number of halogens is 2. The van der Waals surface area contributed by atoms with Gasteiger partial charge in [-0.1, -0.05) is 26.0 Å². The largest absolute Gasteiger partial charge is 0.444 e. The number of nitro groups is 1. The van der Waals surface area contributed by atoms with Crippen molar-refractivity contribution in [3.8, 4) is 0 Å². The number of aliphatic hydroxyl groups is 1. The molecule has 41 heavy (non-hydrogen) atoms. The topological polar surface area (TPSA) is 127 Å². The Morgan fingerprint density at radius 1 is 1.20 bits per heavy atom. The monoisotopic (exact) mass is 572 g/mol. The summed E-state index contributed by atoms with van der Waals surface area (Å²) in [5.41, 5.74) is -7.64. The lowest BCUT2D eigenvalue weighted by Crippen LogP contribution is -2.71. The number of ketones is 1. The van der Waals surface area contributed by atoms with Crippen LogP contribution in [0.1, 0.15) is 50.4 Å². The third-order valence-corrected chi connectivity index (χ3v) is 10.4. The van der Waals surface area contributed by atoms with Crippen LogP contribution in [-0.4, -0.2) is 70.2 Å². The molecule has 220 valence electrons. The van der Waals surface area contributed by atoms with Gasteiger partial charge in [-0.25, -0.2) is 13.6 Å². The van der Waals surface area contributed by atoms with E-state index in [0.717, 1.165) is 12.1 Å². The minimum absolute atomic E-state index is 0.00909. The van der Waals surface area contributed by atoms with Crippen molar-refractivity contribution in [2.45, 2.75) is 63.6 Å². The predicted molar refractivity (Wildman–Crippen MR) is 143 cm³/mol. The van der Waals surface area contributed by atoms with Gasteiger partial charge in [0.1, 0.15) is 6.17 Å². The number of likely N-dealkylation sites (N-methyl/N-ethyl adjacent to an activating group) is 1. The summed E-state index contributed by atoms with van der Waals surface area (Å²) >= 11 is 0. The van der Waals surface area contributed by atoms with E-state index in [0.29, 0.717) is 0 Å². The molecule has 0 spiro atoms. The molecule has 0 saturated heterocycles. The number of fused-ring (bicyclic) bond motifs is 5. The summed E-state index contributed by atoms with van der Waals surface area (Å²) in [7, 11) is 2.99. The number of nitro benzene ring substituents is 1. The van der Waals surface area contributed by atoms with Crippen LogP contribution in [0.5, 0.6) is 0 Å². The number of ether oxygens (including phenoxy) is 1. The fourth-order valence-electron chi connectivity index (χ4n) is 8.52. The van der Waals surface area contributed by atoms with Crippen molar-refractivity contribution in [1.29, 1.82) is 0 Å². The molecular weight excluding hydrogens is 538 g/mol. The number of hydrogen-bond acceptors (Lipinski definition) is 7. The molecule has 0 bridgehead atoms. The molecule has 1 aromatic rings. The molecule has 1 aromatic carbocycles. The maximum Gasteiger partial charge on any atom is 0.339 e. The molecule has 0 heterocycles. The van der Waals surface area contributed by atoms with Gasteiger partial charge < -0.3 is 14.7 Å². The number of allylic oxidation sites excluding steroid dienone is 4. The van der Waals surface area contributed by atoms with Gasteiger partial charge in [-0.15, -0.1) is 0 Å². The van der Waals surface area contributed by atoms with Gasteiger partial charge in [0, 0.05) is 48.9 Å². The summed E-state index contributed by atoms with van der Waals surface area (Å²) in [5, 5.41) is 22.9. The van der Waals surface area contributed by atoms with Crippen molar-refractivity contribution in [1.82, 2.24) is 4.90 Å². The number of esters is 1. The van der Waals surface area contributed by atoms with Crippen molar-refractivity contribution >= 4 is 23.3 Å². The number of carbonyl (C=O) groups is 3.